The lowest BCUT2D eigenvalue weighted by molar-refractivity contribution is -0.137. The second-order valence-corrected chi connectivity index (χ2v) is 9.24. The number of hydrogen-bond donors (Lipinski definition) is 1. The number of alkyl halides is 3. The number of aromatic amines is 1. The van der Waals surface area contributed by atoms with E-state index in [0.29, 0.717) is 31.9 Å². The van der Waals surface area contributed by atoms with Gasteiger partial charge in [-0.3, -0.25) is 4.79 Å². The first kappa shape index (κ1) is 24.7. The summed E-state index contributed by atoms with van der Waals surface area (Å²) in [7, 11) is 1.62. The number of hydrogen-bond acceptors (Lipinski definition) is 3. The Bertz CT molecular complexity index is 1370. The zero-order valence-corrected chi connectivity index (χ0v) is 20.5. The third-order valence-electron chi connectivity index (χ3n) is 7.06. The van der Waals surface area contributed by atoms with E-state index in [1.807, 2.05) is 58.5 Å². The molecule has 1 aliphatic rings. The van der Waals surface area contributed by atoms with Crippen LogP contribution in [-0.2, 0) is 11.0 Å². The fourth-order valence-electron chi connectivity index (χ4n) is 5.02. The van der Waals surface area contributed by atoms with Gasteiger partial charge < -0.3 is 19.5 Å². The second kappa shape index (κ2) is 10.2. The first-order valence-corrected chi connectivity index (χ1v) is 12.2. The van der Waals surface area contributed by atoms with Crippen molar-refractivity contribution in [3.8, 4) is 5.75 Å². The molecule has 1 N–H and O–H groups in total. The minimum atomic E-state index is -4.38. The number of fused-ring (bicyclic) bond motifs is 1. The van der Waals surface area contributed by atoms with Crippen LogP contribution in [0, 0.1) is 0 Å². The number of nitrogens with zero attached hydrogens (tertiary/aromatic N) is 2. The van der Waals surface area contributed by atoms with Gasteiger partial charge >= 0.3 is 6.18 Å². The maximum atomic E-state index is 13.5. The average molecular weight is 508 g/mol. The van der Waals surface area contributed by atoms with Gasteiger partial charge in [0.15, 0.2) is 0 Å². The van der Waals surface area contributed by atoms with E-state index in [2.05, 4.69) is 11.1 Å². The molecule has 1 aliphatic heterocycles. The van der Waals surface area contributed by atoms with Crippen LogP contribution in [0.15, 0.2) is 79.0 Å². The van der Waals surface area contributed by atoms with E-state index < -0.39 is 11.7 Å². The fraction of sp³-hybridized carbons (Fsp3) is 0.276. The third kappa shape index (κ3) is 5.28. The Morgan fingerprint density at radius 2 is 1.70 bits per heavy atom. The van der Waals surface area contributed by atoms with Crippen LogP contribution in [0.25, 0.3) is 10.9 Å². The Labute approximate surface area is 213 Å². The minimum Gasteiger partial charge on any atom is -0.497 e. The lowest BCUT2D eigenvalue weighted by Gasteiger charge is -2.37. The standard InChI is InChI=1S/C29H28F3N3O2/c1-37-23-11-9-20(10-12-23)25(26-19-33-27-8-3-2-7-24(26)27)18-28(36)35-15-13-34(14-16-35)22-6-4-5-21(17-22)29(30,31)32/h2-12,17,19,25,33H,13-16,18H2,1H3/t25-/m0/s1. The van der Waals surface area contributed by atoms with Gasteiger partial charge in [-0.15, -0.1) is 0 Å². The number of ether oxygens (including phenoxy) is 1. The van der Waals surface area contributed by atoms with E-state index in [9.17, 15) is 18.0 Å². The molecule has 0 bridgehead atoms. The summed E-state index contributed by atoms with van der Waals surface area (Å²) in [4.78, 5) is 20.5. The van der Waals surface area contributed by atoms with E-state index in [1.165, 1.54) is 12.1 Å². The molecule has 1 saturated heterocycles. The van der Waals surface area contributed by atoms with Gasteiger partial charge in [-0.1, -0.05) is 36.4 Å². The van der Waals surface area contributed by atoms with Crippen LogP contribution < -0.4 is 9.64 Å². The van der Waals surface area contributed by atoms with E-state index in [0.717, 1.165) is 33.8 Å². The number of piperazine rings is 1. The largest absolute Gasteiger partial charge is 0.497 e. The van der Waals surface area contributed by atoms with Gasteiger partial charge in [0, 0.05) is 61.3 Å². The molecule has 1 amide bonds. The molecule has 1 aromatic heterocycles. The summed E-state index contributed by atoms with van der Waals surface area (Å²) in [6.45, 7) is 1.87. The molecule has 0 saturated carbocycles. The van der Waals surface area contributed by atoms with Crippen LogP contribution >= 0.6 is 0 Å². The number of methoxy groups -OCH3 is 1. The van der Waals surface area contributed by atoms with Crippen LogP contribution in [0.1, 0.15) is 29.0 Å². The van der Waals surface area contributed by atoms with Crippen molar-refractivity contribution in [3.63, 3.8) is 0 Å². The highest BCUT2D eigenvalue weighted by atomic mass is 19.4. The normalized spacial score (nSPS) is 15.1. The highest BCUT2D eigenvalue weighted by molar-refractivity contribution is 5.86. The van der Waals surface area contributed by atoms with Gasteiger partial charge in [-0.05, 0) is 47.5 Å². The SMILES string of the molecule is COc1ccc([C@H](CC(=O)N2CCN(c3cccc(C(F)(F)F)c3)CC2)c2c[nH]c3ccccc23)cc1. The van der Waals surface area contributed by atoms with Crippen LogP contribution in [0.4, 0.5) is 18.9 Å². The quantitative estimate of drug-likeness (QED) is 0.345. The molecule has 0 unspecified atom stereocenters. The summed E-state index contributed by atoms with van der Waals surface area (Å²) in [6, 6.07) is 21.2. The summed E-state index contributed by atoms with van der Waals surface area (Å²) >= 11 is 0. The summed E-state index contributed by atoms with van der Waals surface area (Å²) < 4.78 is 44.7. The lowest BCUT2D eigenvalue weighted by Crippen LogP contribution is -2.49. The van der Waals surface area contributed by atoms with Gasteiger partial charge in [0.1, 0.15) is 5.75 Å². The summed E-state index contributed by atoms with van der Waals surface area (Å²) in [5, 5.41) is 1.07. The maximum absolute atomic E-state index is 13.5. The molecule has 2 heterocycles. The number of aromatic nitrogens is 1. The molecule has 192 valence electrons. The van der Waals surface area contributed by atoms with Gasteiger partial charge in [0.2, 0.25) is 5.91 Å². The van der Waals surface area contributed by atoms with Crippen molar-refractivity contribution in [2.24, 2.45) is 0 Å². The van der Waals surface area contributed by atoms with Gasteiger partial charge in [0.05, 0.1) is 12.7 Å². The van der Waals surface area contributed by atoms with Crippen molar-refractivity contribution < 1.29 is 22.7 Å². The number of halogens is 3. The van der Waals surface area contributed by atoms with Crippen molar-refractivity contribution in [1.82, 2.24) is 9.88 Å². The van der Waals surface area contributed by atoms with Crippen LogP contribution in [-0.4, -0.2) is 49.1 Å². The number of para-hydroxylation sites is 1. The van der Waals surface area contributed by atoms with Gasteiger partial charge in [0.25, 0.3) is 0 Å². The molecule has 8 heteroatoms. The molecular formula is C29H28F3N3O2. The molecule has 0 radical (unpaired) electrons. The first-order chi connectivity index (χ1) is 17.8. The first-order valence-electron chi connectivity index (χ1n) is 12.2. The predicted molar refractivity (Wildman–Crippen MR) is 138 cm³/mol. The highest BCUT2D eigenvalue weighted by Gasteiger charge is 2.32. The Hall–Kier alpha value is -3.94. The van der Waals surface area contributed by atoms with Gasteiger partial charge in [-0.2, -0.15) is 13.2 Å². The molecular weight excluding hydrogens is 479 g/mol. The van der Waals surface area contributed by atoms with E-state index in [1.54, 1.807) is 13.2 Å². The molecule has 5 nitrogen and oxygen atoms in total. The Balaban J connectivity index is 1.33. The zero-order valence-electron chi connectivity index (χ0n) is 20.5. The van der Waals surface area contributed by atoms with Crippen LogP contribution in [0.5, 0.6) is 5.75 Å². The van der Waals surface area contributed by atoms with Crippen molar-refractivity contribution in [2.45, 2.75) is 18.5 Å². The third-order valence-corrected chi connectivity index (χ3v) is 7.06. The number of carbonyl (C=O) groups excluding carboxylic acids is 1. The number of benzene rings is 3. The lowest BCUT2D eigenvalue weighted by atomic mass is 9.87. The highest BCUT2D eigenvalue weighted by Crippen LogP contribution is 2.35. The number of H-pyrrole nitrogens is 1. The predicted octanol–water partition coefficient (Wildman–Crippen LogP) is 6.07. The van der Waals surface area contributed by atoms with Crippen LogP contribution in [0.3, 0.4) is 0 Å². The topological polar surface area (TPSA) is 48.6 Å². The summed E-state index contributed by atoms with van der Waals surface area (Å²) in [5.74, 6) is 0.615. The summed E-state index contributed by atoms with van der Waals surface area (Å²) in [6.07, 6.45) is -2.12. The number of rotatable bonds is 6. The smallest absolute Gasteiger partial charge is 0.416 e. The monoisotopic (exact) mass is 507 g/mol. The van der Waals surface area contributed by atoms with Crippen molar-refractivity contribution in [1.29, 1.82) is 0 Å². The fourth-order valence-corrected chi connectivity index (χ4v) is 5.02. The number of amides is 1. The number of anilines is 1. The Kier molecular flexibility index (Phi) is 6.82. The molecule has 0 spiro atoms. The molecule has 5 rings (SSSR count). The van der Waals surface area contributed by atoms with Crippen LogP contribution in [0.2, 0.25) is 0 Å². The van der Waals surface area contributed by atoms with Crippen molar-refractivity contribution in [3.05, 3.63) is 95.7 Å². The minimum absolute atomic E-state index is 0.0230. The molecule has 3 aromatic carbocycles. The second-order valence-electron chi connectivity index (χ2n) is 9.24. The average Bonchev–Trinajstić information content (AvgIpc) is 3.35. The van der Waals surface area contributed by atoms with E-state index in [-0.39, 0.29) is 18.2 Å². The molecule has 0 aliphatic carbocycles. The number of nitrogens with one attached hydrogen (secondary N) is 1. The number of carbonyl (C=O) groups is 1. The maximum Gasteiger partial charge on any atom is 0.416 e. The molecule has 37 heavy (non-hydrogen) atoms. The molecule has 1 fully saturated rings. The van der Waals surface area contributed by atoms with Gasteiger partial charge in [-0.25, -0.2) is 0 Å². The Morgan fingerprint density at radius 3 is 2.41 bits per heavy atom. The summed E-state index contributed by atoms with van der Waals surface area (Å²) in [5.41, 5.74) is 2.94. The Morgan fingerprint density at radius 1 is 0.973 bits per heavy atom. The zero-order chi connectivity index (χ0) is 26.0. The molecule has 1 atom stereocenters. The van der Waals surface area contributed by atoms with E-state index >= 15 is 0 Å². The van der Waals surface area contributed by atoms with Crippen molar-refractivity contribution >= 4 is 22.5 Å². The van der Waals surface area contributed by atoms with Crippen molar-refractivity contribution in [2.75, 3.05) is 38.2 Å². The van der Waals surface area contributed by atoms with E-state index in [4.69, 9.17) is 4.74 Å². The molecule has 4 aromatic rings.